The second-order valence-corrected chi connectivity index (χ2v) is 7.17. The summed E-state index contributed by atoms with van der Waals surface area (Å²) in [6.07, 6.45) is 2.14. The van der Waals surface area contributed by atoms with Crippen molar-refractivity contribution in [3.8, 4) is 5.75 Å². The van der Waals surface area contributed by atoms with Gasteiger partial charge in [0.25, 0.3) is 11.6 Å². The smallest absolute Gasteiger partial charge is 0.273 e. The number of hydrogen-bond donors (Lipinski definition) is 1. The number of ether oxygens (including phenoxy) is 1. The predicted molar refractivity (Wildman–Crippen MR) is 110 cm³/mol. The van der Waals surface area contributed by atoms with E-state index in [4.69, 9.17) is 4.74 Å². The number of amides is 1. The molecule has 1 heterocycles. The fourth-order valence-electron chi connectivity index (χ4n) is 2.83. The zero-order chi connectivity index (χ0) is 19.9. The second-order valence-electron chi connectivity index (χ2n) is 6.04. The lowest BCUT2D eigenvalue weighted by molar-refractivity contribution is -0.384. The van der Waals surface area contributed by atoms with Crippen LogP contribution in [0.2, 0.25) is 0 Å². The molecule has 0 atom stereocenters. The zero-order valence-electron chi connectivity index (χ0n) is 15.5. The summed E-state index contributed by atoms with van der Waals surface area (Å²) in [6, 6.07) is 14.1. The van der Waals surface area contributed by atoms with Crippen LogP contribution < -0.4 is 10.1 Å². The Morgan fingerprint density at radius 1 is 1.25 bits per heavy atom. The number of aromatic nitrogens is 1. The summed E-state index contributed by atoms with van der Waals surface area (Å²) in [4.78, 5) is 23.4. The Hall–Kier alpha value is -3.00. The van der Waals surface area contributed by atoms with Gasteiger partial charge in [0, 0.05) is 46.9 Å². The Morgan fingerprint density at radius 3 is 2.86 bits per heavy atom. The third-order valence-electron chi connectivity index (χ3n) is 4.17. The monoisotopic (exact) mass is 399 g/mol. The Balaban J connectivity index is 1.45. The molecule has 0 saturated heterocycles. The quantitative estimate of drug-likeness (QED) is 0.256. The first-order chi connectivity index (χ1) is 13.6. The number of nitrogens with zero attached hydrogens (tertiary/aromatic N) is 2. The molecule has 28 heavy (non-hydrogen) atoms. The average Bonchev–Trinajstić information content (AvgIpc) is 3.08. The highest BCUT2D eigenvalue weighted by molar-refractivity contribution is 7.99. The molecular formula is C20H21N3O4S. The van der Waals surface area contributed by atoms with Gasteiger partial charge in [-0.25, -0.2) is 0 Å². The standard InChI is InChI=1S/C20H21N3O4S/c1-2-22-13-19(17-8-3-4-9-18(17)22)28-11-10-21-20(24)14-27-16-7-5-6-15(12-16)23(25)26/h3-9,12-13H,2,10-11,14H2,1H3,(H,21,24). The molecule has 0 spiro atoms. The summed E-state index contributed by atoms with van der Waals surface area (Å²) in [5, 5.41) is 14.8. The number of thioether (sulfide) groups is 1. The molecule has 0 aliphatic heterocycles. The van der Waals surface area contributed by atoms with E-state index in [9.17, 15) is 14.9 Å². The van der Waals surface area contributed by atoms with E-state index >= 15 is 0 Å². The molecule has 3 aromatic rings. The number of rotatable bonds is 9. The third kappa shape index (κ3) is 4.83. The number of fused-ring (bicyclic) bond motifs is 1. The van der Waals surface area contributed by atoms with Crippen molar-refractivity contribution in [3.63, 3.8) is 0 Å². The molecule has 0 saturated carbocycles. The maximum absolute atomic E-state index is 11.9. The van der Waals surface area contributed by atoms with Crippen LogP contribution in [-0.2, 0) is 11.3 Å². The number of carbonyl (C=O) groups is 1. The molecule has 0 radical (unpaired) electrons. The van der Waals surface area contributed by atoms with Crippen molar-refractivity contribution in [1.29, 1.82) is 0 Å². The number of benzene rings is 2. The summed E-state index contributed by atoms with van der Waals surface area (Å²) in [5.74, 6) is 0.773. The number of hydrogen-bond acceptors (Lipinski definition) is 5. The van der Waals surface area contributed by atoms with Crippen LogP contribution in [0.1, 0.15) is 6.92 Å². The molecule has 0 aliphatic carbocycles. The lowest BCUT2D eigenvalue weighted by Gasteiger charge is -2.07. The van der Waals surface area contributed by atoms with Gasteiger partial charge in [0.05, 0.1) is 11.0 Å². The van der Waals surface area contributed by atoms with Crippen LogP contribution in [0.15, 0.2) is 59.6 Å². The maximum Gasteiger partial charge on any atom is 0.273 e. The molecule has 0 aliphatic rings. The largest absolute Gasteiger partial charge is 0.484 e. The average molecular weight is 399 g/mol. The predicted octanol–water partition coefficient (Wildman–Crippen LogP) is 3.86. The van der Waals surface area contributed by atoms with Crippen LogP contribution in [0.3, 0.4) is 0 Å². The molecule has 1 aromatic heterocycles. The molecule has 146 valence electrons. The summed E-state index contributed by atoms with van der Waals surface area (Å²) in [6.45, 7) is 3.35. The molecule has 0 bridgehead atoms. The summed E-state index contributed by atoms with van der Waals surface area (Å²) in [5.41, 5.74) is 1.14. The summed E-state index contributed by atoms with van der Waals surface area (Å²) < 4.78 is 7.53. The van der Waals surface area contributed by atoms with Gasteiger partial charge in [-0.15, -0.1) is 11.8 Å². The number of aryl methyl sites for hydroxylation is 1. The fourth-order valence-corrected chi connectivity index (χ4v) is 3.78. The minimum absolute atomic E-state index is 0.0689. The van der Waals surface area contributed by atoms with Crippen LogP contribution in [-0.4, -0.2) is 34.3 Å². The maximum atomic E-state index is 11.9. The normalized spacial score (nSPS) is 10.8. The lowest BCUT2D eigenvalue weighted by Crippen LogP contribution is -2.30. The van der Waals surface area contributed by atoms with Crippen molar-refractivity contribution in [2.75, 3.05) is 18.9 Å². The van der Waals surface area contributed by atoms with Crippen molar-refractivity contribution in [1.82, 2.24) is 9.88 Å². The number of carbonyl (C=O) groups excluding carboxylic acids is 1. The third-order valence-corrected chi connectivity index (χ3v) is 5.22. The Kier molecular flexibility index (Phi) is 6.54. The van der Waals surface area contributed by atoms with Crippen LogP contribution in [0.5, 0.6) is 5.75 Å². The Labute approximate surface area is 166 Å². The molecule has 1 N–H and O–H groups in total. The first-order valence-corrected chi connectivity index (χ1v) is 9.91. The number of nitro groups is 1. The number of non-ortho nitro benzene ring substituents is 1. The minimum Gasteiger partial charge on any atom is -0.484 e. The second kappa shape index (κ2) is 9.27. The molecule has 3 rings (SSSR count). The van der Waals surface area contributed by atoms with Gasteiger partial charge in [0.2, 0.25) is 0 Å². The molecular weight excluding hydrogens is 378 g/mol. The van der Waals surface area contributed by atoms with Gasteiger partial charge in [-0.05, 0) is 19.1 Å². The van der Waals surface area contributed by atoms with Crippen molar-refractivity contribution in [2.45, 2.75) is 18.4 Å². The zero-order valence-corrected chi connectivity index (χ0v) is 16.3. The van der Waals surface area contributed by atoms with Crippen molar-refractivity contribution < 1.29 is 14.5 Å². The number of para-hydroxylation sites is 1. The van der Waals surface area contributed by atoms with E-state index in [1.54, 1.807) is 17.8 Å². The van der Waals surface area contributed by atoms with E-state index in [2.05, 4.69) is 35.1 Å². The molecule has 2 aromatic carbocycles. The van der Waals surface area contributed by atoms with Crippen LogP contribution in [0, 0.1) is 10.1 Å². The number of nitrogens with one attached hydrogen (secondary N) is 1. The SMILES string of the molecule is CCn1cc(SCCNC(=O)COc2cccc([N+](=O)[O-])c2)c2ccccc21. The van der Waals surface area contributed by atoms with Gasteiger partial charge >= 0.3 is 0 Å². The van der Waals surface area contributed by atoms with Gasteiger partial charge in [-0.3, -0.25) is 14.9 Å². The summed E-state index contributed by atoms with van der Waals surface area (Å²) >= 11 is 1.70. The first-order valence-electron chi connectivity index (χ1n) is 8.93. The Morgan fingerprint density at radius 2 is 2.07 bits per heavy atom. The highest BCUT2D eigenvalue weighted by Crippen LogP contribution is 2.29. The highest BCUT2D eigenvalue weighted by atomic mass is 32.2. The lowest BCUT2D eigenvalue weighted by atomic mass is 10.2. The molecule has 0 unspecified atom stereocenters. The first kappa shape index (κ1) is 19.8. The van der Waals surface area contributed by atoms with E-state index in [-0.39, 0.29) is 18.2 Å². The highest BCUT2D eigenvalue weighted by Gasteiger charge is 2.09. The van der Waals surface area contributed by atoms with E-state index in [0.29, 0.717) is 12.3 Å². The summed E-state index contributed by atoms with van der Waals surface area (Å²) in [7, 11) is 0. The minimum atomic E-state index is -0.500. The van der Waals surface area contributed by atoms with Crippen molar-refractivity contribution in [3.05, 3.63) is 64.8 Å². The van der Waals surface area contributed by atoms with Gasteiger partial charge in [0.15, 0.2) is 6.61 Å². The van der Waals surface area contributed by atoms with E-state index < -0.39 is 4.92 Å². The van der Waals surface area contributed by atoms with Gasteiger partial charge in [-0.2, -0.15) is 0 Å². The molecule has 7 nitrogen and oxygen atoms in total. The molecule has 1 amide bonds. The van der Waals surface area contributed by atoms with Crippen LogP contribution in [0.4, 0.5) is 5.69 Å². The van der Waals surface area contributed by atoms with Gasteiger partial charge in [-0.1, -0.05) is 24.3 Å². The topological polar surface area (TPSA) is 86.4 Å². The van der Waals surface area contributed by atoms with E-state index in [0.717, 1.165) is 12.3 Å². The van der Waals surface area contributed by atoms with E-state index in [1.807, 2.05) is 12.1 Å². The fraction of sp³-hybridized carbons (Fsp3) is 0.250. The van der Waals surface area contributed by atoms with Crippen molar-refractivity contribution in [2.24, 2.45) is 0 Å². The molecule has 0 fully saturated rings. The van der Waals surface area contributed by atoms with Crippen LogP contribution in [0.25, 0.3) is 10.9 Å². The van der Waals surface area contributed by atoms with Gasteiger partial charge < -0.3 is 14.6 Å². The Bertz CT molecular complexity index is 986. The van der Waals surface area contributed by atoms with Crippen molar-refractivity contribution >= 4 is 34.3 Å². The van der Waals surface area contributed by atoms with Crippen LogP contribution >= 0.6 is 11.8 Å². The van der Waals surface area contributed by atoms with E-state index in [1.165, 1.54) is 34.0 Å². The molecule has 8 heteroatoms. The van der Waals surface area contributed by atoms with Gasteiger partial charge in [0.1, 0.15) is 5.75 Å². The number of nitro benzene ring substituents is 1.